The van der Waals surface area contributed by atoms with Crippen LogP contribution in [-0.2, 0) is 0 Å². The number of pyridine rings is 1. The van der Waals surface area contributed by atoms with E-state index in [1.807, 2.05) is 55.5 Å². The molecular formula is C24H20N6O3. The summed E-state index contributed by atoms with van der Waals surface area (Å²) in [5.41, 5.74) is 2.61. The van der Waals surface area contributed by atoms with Crippen molar-refractivity contribution in [1.82, 2.24) is 24.7 Å². The van der Waals surface area contributed by atoms with Gasteiger partial charge in [0.15, 0.2) is 17.1 Å². The van der Waals surface area contributed by atoms with E-state index < -0.39 is 0 Å². The number of aryl methyl sites for hydroxylation is 1. The summed E-state index contributed by atoms with van der Waals surface area (Å²) in [6, 6.07) is 15.3. The number of hydrogen-bond acceptors (Lipinski definition) is 7. The van der Waals surface area contributed by atoms with Crippen LogP contribution < -0.4 is 20.3 Å². The molecule has 0 fully saturated rings. The fourth-order valence-corrected chi connectivity index (χ4v) is 4.05. The van der Waals surface area contributed by atoms with E-state index in [0.29, 0.717) is 46.8 Å². The molecule has 1 unspecified atom stereocenters. The average molecular weight is 440 g/mol. The van der Waals surface area contributed by atoms with Crippen LogP contribution in [0, 0.1) is 6.92 Å². The van der Waals surface area contributed by atoms with Crippen molar-refractivity contribution >= 4 is 27.9 Å². The van der Waals surface area contributed by atoms with Crippen molar-refractivity contribution in [3.05, 3.63) is 76.8 Å². The van der Waals surface area contributed by atoms with Crippen molar-refractivity contribution < 1.29 is 9.47 Å². The Morgan fingerprint density at radius 2 is 2.03 bits per heavy atom. The first-order valence-electron chi connectivity index (χ1n) is 10.6. The Morgan fingerprint density at radius 3 is 2.91 bits per heavy atom. The molecule has 1 atom stereocenters. The lowest BCUT2D eigenvalue weighted by molar-refractivity contribution is 0.0996. The van der Waals surface area contributed by atoms with Gasteiger partial charge in [-0.25, -0.2) is 4.98 Å². The maximum absolute atomic E-state index is 13.3. The second-order valence-electron chi connectivity index (χ2n) is 7.94. The number of benzene rings is 2. The number of nitrogens with one attached hydrogen (secondary N) is 2. The van der Waals surface area contributed by atoms with Crippen molar-refractivity contribution in [3.8, 4) is 17.2 Å². The van der Waals surface area contributed by atoms with E-state index in [-0.39, 0.29) is 11.7 Å². The van der Waals surface area contributed by atoms with Gasteiger partial charge in [0.1, 0.15) is 18.2 Å². The first-order valence-corrected chi connectivity index (χ1v) is 10.6. The first kappa shape index (κ1) is 19.3. The predicted octanol–water partition coefficient (Wildman–Crippen LogP) is 3.22. The zero-order valence-corrected chi connectivity index (χ0v) is 17.8. The van der Waals surface area contributed by atoms with Gasteiger partial charge in [0.25, 0.3) is 5.56 Å². The highest BCUT2D eigenvalue weighted by atomic mass is 16.6. The molecule has 2 N–H and O–H groups in total. The minimum absolute atomic E-state index is 0.192. The number of aromatic amines is 1. The average Bonchev–Trinajstić information content (AvgIpc) is 3.33. The number of hydrogen-bond donors (Lipinski definition) is 2. The third-order valence-corrected chi connectivity index (χ3v) is 5.62. The molecule has 2 aromatic carbocycles. The molecule has 4 heterocycles. The molecule has 0 saturated heterocycles. The van der Waals surface area contributed by atoms with E-state index in [2.05, 4.69) is 20.5 Å². The second-order valence-corrected chi connectivity index (χ2v) is 7.94. The van der Waals surface area contributed by atoms with Crippen LogP contribution in [0.25, 0.3) is 27.6 Å². The number of ether oxygens (including phenoxy) is 2. The molecule has 0 aliphatic carbocycles. The van der Waals surface area contributed by atoms with Crippen molar-refractivity contribution in [2.45, 2.75) is 13.0 Å². The largest absolute Gasteiger partial charge is 0.486 e. The van der Waals surface area contributed by atoms with Gasteiger partial charge in [0.2, 0.25) is 5.95 Å². The molecule has 9 heteroatoms. The van der Waals surface area contributed by atoms with Crippen LogP contribution in [0.3, 0.4) is 0 Å². The van der Waals surface area contributed by atoms with Crippen LogP contribution in [0.4, 0.5) is 5.95 Å². The Hall–Kier alpha value is -4.40. The van der Waals surface area contributed by atoms with Crippen LogP contribution in [0.2, 0.25) is 0 Å². The number of aromatic nitrogens is 5. The third kappa shape index (κ3) is 3.34. The molecule has 0 saturated carbocycles. The number of rotatable bonds is 4. The molecule has 1 aliphatic heterocycles. The molecular weight excluding hydrogens is 420 g/mol. The molecule has 1 aliphatic rings. The van der Waals surface area contributed by atoms with E-state index in [1.54, 1.807) is 17.0 Å². The van der Waals surface area contributed by atoms with Crippen molar-refractivity contribution in [2.24, 2.45) is 0 Å². The Bertz CT molecular complexity index is 1560. The SMILES string of the molecule is Cc1cccc(-n2c(=O)c3c[nH]nc3c3cnc(NCC4COc5ccccc5O4)nc32)c1. The summed E-state index contributed by atoms with van der Waals surface area (Å²) in [5, 5.41) is 11.4. The monoisotopic (exact) mass is 440 g/mol. The van der Waals surface area contributed by atoms with E-state index >= 15 is 0 Å². The smallest absolute Gasteiger partial charge is 0.267 e. The maximum Gasteiger partial charge on any atom is 0.267 e. The number of fused-ring (bicyclic) bond motifs is 4. The maximum atomic E-state index is 13.3. The summed E-state index contributed by atoms with van der Waals surface area (Å²) in [7, 11) is 0. The van der Waals surface area contributed by atoms with Gasteiger partial charge in [-0.2, -0.15) is 10.1 Å². The van der Waals surface area contributed by atoms with Crippen molar-refractivity contribution in [1.29, 1.82) is 0 Å². The Kier molecular flexibility index (Phi) is 4.46. The van der Waals surface area contributed by atoms with Crippen LogP contribution in [-0.4, -0.2) is 44.0 Å². The fraction of sp³-hybridized carbons (Fsp3) is 0.167. The lowest BCUT2D eigenvalue weighted by Crippen LogP contribution is -2.35. The Labute approximate surface area is 188 Å². The molecule has 0 spiro atoms. The topological polar surface area (TPSA) is 107 Å². The van der Waals surface area contributed by atoms with Gasteiger partial charge < -0.3 is 14.8 Å². The van der Waals surface area contributed by atoms with Crippen LogP contribution in [0.1, 0.15) is 5.56 Å². The molecule has 9 nitrogen and oxygen atoms in total. The quantitative estimate of drug-likeness (QED) is 0.442. The van der Waals surface area contributed by atoms with E-state index in [4.69, 9.17) is 14.5 Å². The fourth-order valence-electron chi connectivity index (χ4n) is 4.05. The van der Waals surface area contributed by atoms with Gasteiger partial charge in [0, 0.05) is 12.4 Å². The first-order chi connectivity index (χ1) is 16.2. The summed E-state index contributed by atoms with van der Waals surface area (Å²) in [6.07, 6.45) is 3.09. The number of nitrogens with zero attached hydrogens (tertiary/aromatic N) is 4. The summed E-state index contributed by atoms with van der Waals surface area (Å²) in [6.45, 7) is 2.85. The zero-order valence-electron chi connectivity index (χ0n) is 17.8. The molecule has 5 aromatic rings. The molecule has 33 heavy (non-hydrogen) atoms. The Balaban J connectivity index is 1.38. The van der Waals surface area contributed by atoms with Gasteiger partial charge in [-0.1, -0.05) is 24.3 Å². The molecule has 164 valence electrons. The standard InChI is InChI=1S/C24H20N6O3/c1-14-5-4-6-15(9-14)30-22-17(21-18(23(30)31)12-27-29-21)11-26-24(28-22)25-10-16-13-32-19-7-2-3-8-20(19)33-16/h2-9,11-12,16H,10,13H2,1H3,(H,27,29)(H,25,26,28). The van der Waals surface area contributed by atoms with Gasteiger partial charge in [0.05, 0.1) is 23.0 Å². The molecule has 3 aromatic heterocycles. The highest BCUT2D eigenvalue weighted by molar-refractivity contribution is 6.02. The van der Waals surface area contributed by atoms with Crippen molar-refractivity contribution in [2.75, 3.05) is 18.5 Å². The number of anilines is 1. The van der Waals surface area contributed by atoms with E-state index in [0.717, 1.165) is 17.0 Å². The van der Waals surface area contributed by atoms with Gasteiger partial charge in [-0.3, -0.25) is 14.5 Å². The summed E-state index contributed by atoms with van der Waals surface area (Å²) >= 11 is 0. The van der Waals surface area contributed by atoms with Crippen molar-refractivity contribution in [3.63, 3.8) is 0 Å². The Morgan fingerprint density at radius 1 is 1.15 bits per heavy atom. The molecule has 0 bridgehead atoms. The van der Waals surface area contributed by atoms with Crippen LogP contribution in [0.5, 0.6) is 11.5 Å². The molecule has 0 amide bonds. The zero-order chi connectivity index (χ0) is 22.4. The lowest BCUT2D eigenvalue weighted by atomic mass is 10.2. The summed E-state index contributed by atoms with van der Waals surface area (Å²) in [4.78, 5) is 22.5. The summed E-state index contributed by atoms with van der Waals surface area (Å²) < 4.78 is 13.4. The highest BCUT2D eigenvalue weighted by Crippen LogP contribution is 2.31. The van der Waals surface area contributed by atoms with E-state index in [1.165, 1.54) is 0 Å². The second kappa shape index (κ2) is 7.63. The normalized spacial score (nSPS) is 15.1. The molecule has 0 radical (unpaired) electrons. The van der Waals surface area contributed by atoms with Crippen LogP contribution >= 0.6 is 0 Å². The summed E-state index contributed by atoms with van der Waals surface area (Å²) in [5.74, 6) is 1.84. The molecule has 6 rings (SSSR count). The van der Waals surface area contributed by atoms with Crippen LogP contribution in [0.15, 0.2) is 65.7 Å². The van der Waals surface area contributed by atoms with E-state index in [9.17, 15) is 4.79 Å². The van der Waals surface area contributed by atoms with Gasteiger partial charge in [-0.05, 0) is 36.8 Å². The minimum atomic E-state index is -0.202. The predicted molar refractivity (Wildman–Crippen MR) is 124 cm³/mol. The third-order valence-electron chi connectivity index (χ3n) is 5.62. The number of H-pyrrole nitrogens is 1. The highest BCUT2D eigenvalue weighted by Gasteiger charge is 2.21. The van der Waals surface area contributed by atoms with Gasteiger partial charge >= 0.3 is 0 Å². The van der Waals surface area contributed by atoms with Gasteiger partial charge in [-0.15, -0.1) is 0 Å². The number of para-hydroxylation sites is 2. The minimum Gasteiger partial charge on any atom is -0.486 e. The lowest BCUT2D eigenvalue weighted by Gasteiger charge is -2.26.